The van der Waals surface area contributed by atoms with Gasteiger partial charge in [-0.1, -0.05) is 11.8 Å². The Morgan fingerprint density at radius 2 is 1.76 bits per heavy atom. The molecule has 0 saturated carbocycles. The van der Waals surface area contributed by atoms with Gasteiger partial charge in [0, 0.05) is 30.1 Å². The van der Waals surface area contributed by atoms with E-state index in [0.29, 0.717) is 33.6 Å². The molecule has 0 amide bonds. The minimum atomic E-state index is -4.78. The molecular weight excluding hydrogens is 418 g/mol. The van der Waals surface area contributed by atoms with Crippen LogP contribution in [0.1, 0.15) is 5.69 Å². The number of halogens is 4. The molecule has 1 aliphatic heterocycles. The maximum absolute atomic E-state index is 13.4. The van der Waals surface area contributed by atoms with Crippen molar-refractivity contribution in [1.29, 1.82) is 0 Å². The van der Waals surface area contributed by atoms with Crippen LogP contribution in [-0.4, -0.2) is 41.4 Å². The molecule has 7 nitrogen and oxygen atoms in total. The number of nitrogens with one attached hydrogen (secondary N) is 1. The molecular formula is C17H13F4N3O4S. The lowest BCUT2D eigenvalue weighted by molar-refractivity contribution is -0.391. The van der Waals surface area contributed by atoms with Crippen molar-refractivity contribution in [2.45, 2.75) is 23.1 Å². The number of fused-ring (bicyclic) bond motifs is 2. The van der Waals surface area contributed by atoms with E-state index < -0.39 is 23.7 Å². The maximum Gasteiger partial charge on any atom is 0.507 e. The first-order valence-corrected chi connectivity index (χ1v) is 9.08. The summed E-state index contributed by atoms with van der Waals surface area (Å²) < 4.78 is 72.2. The number of ether oxygens (including phenoxy) is 4. The number of imidazole rings is 1. The highest BCUT2D eigenvalue weighted by molar-refractivity contribution is 7.98. The fraction of sp³-hybridized carbons (Fsp3) is 0.294. The molecule has 0 radical (unpaired) electrons. The number of hydrogen-bond acceptors (Lipinski definition) is 7. The monoisotopic (exact) mass is 431 g/mol. The Hall–Kier alpha value is -2.89. The van der Waals surface area contributed by atoms with E-state index in [0.717, 1.165) is 12.1 Å². The number of benzene rings is 1. The molecule has 12 heteroatoms. The normalized spacial score (nSPS) is 16.6. The van der Waals surface area contributed by atoms with Gasteiger partial charge in [0.15, 0.2) is 28.2 Å². The van der Waals surface area contributed by atoms with E-state index in [4.69, 9.17) is 9.47 Å². The smallest absolute Gasteiger partial charge is 0.493 e. The first-order valence-electron chi connectivity index (χ1n) is 8.10. The SMILES string of the molecule is COc1ccnc(CSc2nc3cc4c(cc3[nH]2)OC(F)(F)C(F)(F)O4)c1OC. The number of nitrogens with zero attached hydrogens (tertiary/aromatic N) is 2. The zero-order valence-corrected chi connectivity index (χ0v) is 15.8. The first kappa shape index (κ1) is 19.4. The van der Waals surface area contributed by atoms with Crippen molar-refractivity contribution in [3.63, 3.8) is 0 Å². The van der Waals surface area contributed by atoms with E-state index in [9.17, 15) is 17.6 Å². The van der Waals surface area contributed by atoms with E-state index in [1.165, 1.54) is 26.0 Å². The van der Waals surface area contributed by atoms with Crippen molar-refractivity contribution >= 4 is 22.8 Å². The van der Waals surface area contributed by atoms with Crippen LogP contribution in [0.4, 0.5) is 17.6 Å². The molecule has 4 rings (SSSR count). The number of aromatic nitrogens is 3. The Labute approximate surface area is 165 Å². The van der Waals surface area contributed by atoms with Gasteiger partial charge in [-0.15, -0.1) is 0 Å². The maximum atomic E-state index is 13.4. The number of aromatic amines is 1. The van der Waals surface area contributed by atoms with E-state index >= 15 is 0 Å². The molecule has 0 saturated heterocycles. The molecule has 0 spiro atoms. The largest absolute Gasteiger partial charge is 0.507 e. The highest BCUT2D eigenvalue weighted by Gasteiger charge is 2.66. The van der Waals surface area contributed by atoms with Crippen LogP contribution in [0.5, 0.6) is 23.0 Å². The lowest BCUT2D eigenvalue weighted by Gasteiger charge is -2.31. The van der Waals surface area contributed by atoms with Gasteiger partial charge >= 0.3 is 12.2 Å². The van der Waals surface area contributed by atoms with Crippen LogP contribution in [0.15, 0.2) is 29.6 Å². The molecule has 3 aromatic rings. The molecule has 1 aliphatic rings. The molecule has 0 atom stereocenters. The van der Waals surface area contributed by atoms with E-state index in [1.807, 2.05) is 0 Å². The second-order valence-corrected chi connectivity index (χ2v) is 6.84. The molecule has 1 aromatic carbocycles. The summed E-state index contributed by atoms with van der Waals surface area (Å²) in [6.07, 6.45) is -7.99. The molecule has 0 unspecified atom stereocenters. The summed E-state index contributed by atoms with van der Waals surface area (Å²) in [5, 5.41) is 0.410. The predicted octanol–water partition coefficient (Wildman–Crippen LogP) is 4.22. The number of hydrogen-bond donors (Lipinski definition) is 1. The Bertz CT molecular complexity index is 1020. The van der Waals surface area contributed by atoms with Gasteiger partial charge in [0.25, 0.3) is 0 Å². The topological polar surface area (TPSA) is 78.5 Å². The quantitative estimate of drug-likeness (QED) is 0.479. The average molecular weight is 431 g/mol. The van der Waals surface area contributed by atoms with Gasteiger partial charge in [-0.05, 0) is 0 Å². The van der Waals surface area contributed by atoms with Crippen molar-refractivity contribution in [1.82, 2.24) is 15.0 Å². The van der Waals surface area contributed by atoms with Gasteiger partial charge in [-0.25, -0.2) is 4.98 Å². The number of alkyl halides is 4. The predicted molar refractivity (Wildman–Crippen MR) is 94.1 cm³/mol. The van der Waals surface area contributed by atoms with Gasteiger partial charge in [-0.2, -0.15) is 17.6 Å². The third-order valence-electron chi connectivity index (χ3n) is 4.05. The van der Waals surface area contributed by atoms with Crippen LogP contribution in [0.2, 0.25) is 0 Å². The summed E-state index contributed by atoms with van der Waals surface area (Å²) >= 11 is 1.25. The molecule has 29 heavy (non-hydrogen) atoms. The summed E-state index contributed by atoms with van der Waals surface area (Å²) in [4.78, 5) is 11.4. The van der Waals surface area contributed by atoms with Gasteiger partial charge in [0.1, 0.15) is 0 Å². The van der Waals surface area contributed by atoms with E-state index in [1.54, 1.807) is 12.3 Å². The molecule has 0 aliphatic carbocycles. The Kier molecular flexibility index (Phi) is 4.60. The minimum Gasteiger partial charge on any atom is -0.493 e. The fourth-order valence-corrected chi connectivity index (χ4v) is 3.53. The zero-order valence-electron chi connectivity index (χ0n) is 15.0. The second-order valence-electron chi connectivity index (χ2n) is 5.88. The zero-order chi connectivity index (χ0) is 20.8. The number of thioether (sulfide) groups is 1. The molecule has 3 heterocycles. The highest BCUT2D eigenvalue weighted by atomic mass is 32.2. The summed E-state index contributed by atoms with van der Waals surface area (Å²) in [7, 11) is 3.00. The van der Waals surface area contributed by atoms with Crippen LogP contribution in [0.25, 0.3) is 11.0 Å². The number of rotatable bonds is 5. The van der Waals surface area contributed by atoms with E-state index in [2.05, 4.69) is 24.4 Å². The number of pyridine rings is 1. The highest BCUT2D eigenvalue weighted by Crippen LogP contribution is 2.48. The van der Waals surface area contributed by atoms with Crippen LogP contribution in [0, 0.1) is 0 Å². The summed E-state index contributed by atoms with van der Waals surface area (Å²) in [6.45, 7) is 0. The second kappa shape index (κ2) is 6.87. The van der Waals surface area contributed by atoms with E-state index in [-0.39, 0.29) is 5.52 Å². The lowest BCUT2D eigenvalue weighted by atomic mass is 10.2. The average Bonchev–Trinajstić information content (AvgIpc) is 3.06. The third kappa shape index (κ3) is 3.37. The van der Waals surface area contributed by atoms with Crippen molar-refractivity contribution in [2.75, 3.05) is 14.2 Å². The minimum absolute atomic E-state index is 0.251. The van der Waals surface area contributed by atoms with Crippen molar-refractivity contribution < 1.29 is 36.5 Å². The standard InChI is InChI=1S/C17H13F4N3O4S/c1-25-11-3-4-22-10(14(11)26-2)7-29-15-23-8-5-12-13(6-9(8)24-15)28-17(20,21)16(18,19)27-12/h3-6H,7H2,1-2H3,(H,23,24). The van der Waals surface area contributed by atoms with Crippen LogP contribution < -0.4 is 18.9 Å². The first-order chi connectivity index (χ1) is 13.7. The van der Waals surface area contributed by atoms with Gasteiger partial charge in [-0.3, -0.25) is 4.98 Å². The van der Waals surface area contributed by atoms with Gasteiger partial charge in [0.2, 0.25) is 0 Å². The summed E-state index contributed by atoms with van der Waals surface area (Å²) in [5.74, 6) is 0.313. The Balaban J connectivity index is 1.60. The lowest BCUT2D eigenvalue weighted by Crippen LogP contribution is -2.52. The summed E-state index contributed by atoms with van der Waals surface area (Å²) in [6, 6.07) is 3.90. The molecule has 0 fully saturated rings. The Morgan fingerprint density at radius 1 is 1.07 bits per heavy atom. The summed E-state index contributed by atoms with van der Waals surface area (Å²) in [5.41, 5.74) is 1.17. The fourth-order valence-electron chi connectivity index (χ4n) is 2.71. The third-order valence-corrected chi connectivity index (χ3v) is 4.94. The van der Waals surface area contributed by atoms with Crippen molar-refractivity contribution in [2.24, 2.45) is 0 Å². The van der Waals surface area contributed by atoms with Crippen molar-refractivity contribution in [3.05, 3.63) is 30.1 Å². The molecule has 154 valence electrons. The molecule has 2 aromatic heterocycles. The number of methoxy groups -OCH3 is 2. The Morgan fingerprint density at radius 3 is 2.41 bits per heavy atom. The van der Waals surface area contributed by atoms with Crippen LogP contribution in [-0.2, 0) is 5.75 Å². The van der Waals surface area contributed by atoms with Crippen LogP contribution >= 0.6 is 11.8 Å². The van der Waals surface area contributed by atoms with Crippen molar-refractivity contribution in [3.8, 4) is 23.0 Å². The van der Waals surface area contributed by atoms with Crippen LogP contribution in [0.3, 0.4) is 0 Å². The molecule has 0 bridgehead atoms. The molecule has 1 N–H and O–H groups in total. The van der Waals surface area contributed by atoms with Gasteiger partial charge < -0.3 is 23.9 Å². The van der Waals surface area contributed by atoms with Gasteiger partial charge in [0.05, 0.1) is 30.9 Å². The number of H-pyrrole nitrogens is 1.